The number of amides is 1. The number of hydrogen-bond donors (Lipinski definition) is 4. The van der Waals surface area contributed by atoms with E-state index in [1.807, 2.05) is 18.2 Å². The number of rotatable bonds is 6. The Labute approximate surface area is 190 Å². The summed E-state index contributed by atoms with van der Waals surface area (Å²) in [6.45, 7) is 7.77. The fourth-order valence-electron chi connectivity index (χ4n) is 4.90. The van der Waals surface area contributed by atoms with Crippen molar-refractivity contribution in [1.29, 1.82) is 0 Å². The molecule has 0 radical (unpaired) electrons. The fraction of sp³-hybridized carbons (Fsp3) is 0.500. The van der Waals surface area contributed by atoms with Crippen LogP contribution in [0, 0.1) is 5.92 Å². The van der Waals surface area contributed by atoms with E-state index in [-0.39, 0.29) is 23.7 Å². The average Bonchev–Trinajstić information content (AvgIpc) is 2.78. The highest BCUT2D eigenvalue weighted by Crippen LogP contribution is 2.30. The van der Waals surface area contributed by atoms with Crippen LogP contribution in [0.2, 0.25) is 0 Å². The van der Waals surface area contributed by atoms with Gasteiger partial charge in [-0.05, 0) is 85.1 Å². The van der Waals surface area contributed by atoms with Crippen LogP contribution < -0.4 is 10.6 Å². The maximum atomic E-state index is 13.0. The van der Waals surface area contributed by atoms with Crippen LogP contribution >= 0.6 is 0 Å². The minimum absolute atomic E-state index is 0.0528. The van der Waals surface area contributed by atoms with Gasteiger partial charge in [0.2, 0.25) is 5.91 Å². The second kappa shape index (κ2) is 9.92. The van der Waals surface area contributed by atoms with Crippen molar-refractivity contribution in [2.45, 2.75) is 57.7 Å². The number of nitrogens with one attached hydrogen (secondary N) is 2. The molecule has 0 aliphatic carbocycles. The highest BCUT2D eigenvalue weighted by molar-refractivity contribution is 5.82. The zero-order chi connectivity index (χ0) is 22.7. The van der Waals surface area contributed by atoms with E-state index in [1.54, 1.807) is 18.2 Å². The number of fused-ring (bicyclic) bond motifs is 1. The quantitative estimate of drug-likeness (QED) is 0.558. The van der Waals surface area contributed by atoms with E-state index < -0.39 is 0 Å². The fourth-order valence-corrected chi connectivity index (χ4v) is 4.90. The molecule has 1 amide bonds. The van der Waals surface area contributed by atoms with E-state index in [4.69, 9.17) is 0 Å². The van der Waals surface area contributed by atoms with Crippen LogP contribution in [0.4, 0.5) is 0 Å². The lowest BCUT2D eigenvalue weighted by molar-refractivity contribution is -0.124. The minimum Gasteiger partial charge on any atom is -0.508 e. The number of piperidine rings is 1. The Morgan fingerprint density at radius 3 is 2.56 bits per heavy atom. The van der Waals surface area contributed by atoms with Gasteiger partial charge >= 0.3 is 0 Å². The number of benzene rings is 2. The summed E-state index contributed by atoms with van der Waals surface area (Å²) in [6.07, 6.45) is 2.77. The van der Waals surface area contributed by atoms with Gasteiger partial charge in [0.05, 0.1) is 6.04 Å². The first-order valence-electron chi connectivity index (χ1n) is 11.7. The molecule has 6 heteroatoms. The molecule has 0 aromatic heterocycles. The van der Waals surface area contributed by atoms with Gasteiger partial charge in [-0.25, -0.2) is 0 Å². The topological polar surface area (TPSA) is 84.8 Å². The third-order valence-corrected chi connectivity index (χ3v) is 6.99. The normalized spacial score (nSPS) is 20.7. The second-order valence-corrected chi connectivity index (χ2v) is 9.62. The van der Waals surface area contributed by atoms with Crippen molar-refractivity contribution in [3.05, 3.63) is 59.2 Å². The van der Waals surface area contributed by atoms with Crippen LogP contribution in [0.1, 0.15) is 49.3 Å². The SMILES string of the molecule is CC(C)[C@H](CN1CCC(c2cccc(O)c2)CC1)NC(=O)[C@H]1Cc2ccc(O)cc2CN1. The van der Waals surface area contributed by atoms with Gasteiger partial charge in [-0.1, -0.05) is 32.0 Å². The molecule has 1 saturated heterocycles. The van der Waals surface area contributed by atoms with E-state index in [2.05, 4.69) is 35.4 Å². The number of nitrogens with zero attached hydrogens (tertiary/aromatic N) is 1. The van der Waals surface area contributed by atoms with Crippen molar-refractivity contribution in [2.24, 2.45) is 5.92 Å². The molecule has 0 unspecified atom stereocenters. The smallest absolute Gasteiger partial charge is 0.237 e. The number of carbonyl (C=O) groups excluding carboxylic acids is 1. The highest BCUT2D eigenvalue weighted by atomic mass is 16.3. The first-order valence-corrected chi connectivity index (χ1v) is 11.7. The number of phenolic OH excluding ortho intramolecular Hbond substituents is 2. The molecular weight excluding hydrogens is 402 g/mol. The maximum Gasteiger partial charge on any atom is 0.237 e. The molecule has 0 spiro atoms. The minimum atomic E-state index is -0.246. The Kier molecular flexibility index (Phi) is 7.01. The van der Waals surface area contributed by atoms with Crippen LogP contribution in [0.15, 0.2) is 42.5 Å². The lowest BCUT2D eigenvalue weighted by atomic mass is 9.89. The molecule has 2 aromatic rings. The molecule has 0 saturated carbocycles. The van der Waals surface area contributed by atoms with Crippen molar-refractivity contribution >= 4 is 5.91 Å². The largest absolute Gasteiger partial charge is 0.508 e. The zero-order valence-electron chi connectivity index (χ0n) is 19.1. The van der Waals surface area contributed by atoms with E-state index in [9.17, 15) is 15.0 Å². The van der Waals surface area contributed by atoms with Crippen LogP contribution in [-0.2, 0) is 17.8 Å². The number of phenols is 2. The zero-order valence-corrected chi connectivity index (χ0v) is 19.1. The number of aromatic hydroxyl groups is 2. The summed E-state index contributed by atoms with van der Waals surface area (Å²) < 4.78 is 0. The molecule has 6 nitrogen and oxygen atoms in total. The predicted molar refractivity (Wildman–Crippen MR) is 126 cm³/mol. The lowest BCUT2D eigenvalue weighted by Gasteiger charge is -2.36. The van der Waals surface area contributed by atoms with Gasteiger partial charge in [0.25, 0.3) is 0 Å². The van der Waals surface area contributed by atoms with Crippen molar-refractivity contribution in [3.63, 3.8) is 0 Å². The highest BCUT2D eigenvalue weighted by Gasteiger charge is 2.29. The van der Waals surface area contributed by atoms with Crippen molar-refractivity contribution in [1.82, 2.24) is 15.5 Å². The number of carbonyl (C=O) groups is 1. The predicted octanol–water partition coefficient (Wildman–Crippen LogP) is 3.13. The Balaban J connectivity index is 1.30. The molecule has 172 valence electrons. The summed E-state index contributed by atoms with van der Waals surface area (Å²) in [5.74, 6) is 1.48. The van der Waals surface area contributed by atoms with Gasteiger partial charge in [0.15, 0.2) is 0 Å². The Bertz CT molecular complexity index is 938. The summed E-state index contributed by atoms with van der Waals surface area (Å²) in [4.78, 5) is 15.5. The van der Waals surface area contributed by atoms with Crippen LogP contribution in [0.25, 0.3) is 0 Å². The van der Waals surface area contributed by atoms with Gasteiger partial charge in [0.1, 0.15) is 11.5 Å². The summed E-state index contributed by atoms with van der Waals surface area (Å²) in [7, 11) is 0. The van der Waals surface area contributed by atoms with Crippen molar-refractivity contribution in [3.8, 4) is 11.5 Å². The van der Waals surface area contributed by atoms with Crippen molar-refractivity contribution in [2.75, 3.05) is 19.6 Å². The van der Waals surface area contributed by atoms with Crippen molar-refractivity contribution < 1.29 is 15.0 Å². The molecule has 2 aliphatic heterocycles. The van der Waals surface area contributed by atoms with Gasteiger partial charge in [-0.2, -0.15) is 0 Å². The molecule has 2 aliphatic rings. The van der Waals surface area contributed by atoms with Gasteiger partial charge in [-0.15, -0.1) is 0 Å². The van der Waals surface area contributed by atoms with Gasteiger partial charge in [-0.3, -0.25) is 4.79 Å². The van der Waals surface area contributed by atoms with E-state index in [0.29, 0.717) is 30.6 Å². The number of likely N-dealkylation sites (tertiary alicyclic amines) is 1. The summed E-state index contributed by atoms with van der Waals surface area (Å²) in [6, 6.07) is 12.9. The van der Waals surface area contributed by atoms with E-state index in [1.165, 1.54) is 5.56 Å². The third-order valence-electron chi connectivity index (χ3n) is 6.99. The van der Waals surface area contributed by atoms with E-state index >= 15 is 0 Å². The van der Waals surface area contributed by atoms with Crippen LogP contribution in [0.3, 0.4) is 0 Å². The second-order valence-electron chi connectivity index (χ2n) is 9.62. The summed E-state index contributed by atoms with van der Waals surface area (Å²) >= 11 is 0. The number of hydrogen-bond acceptors (Lipinski definition) is 5. The molecule has 1 fully saturated rings. The standard InChI is InChI=1S/C26H35N3O3/c1-17(2)25(16-29-10-8-18(9-11-29)19-4-3-5-22(30)12-19)28-26(32)24-14-20-6-7-23(31)13-21(20)15-27-24/h3-7,12-13,17-18,24-25,27,30-31H,8-11,14-16H2,1-2H3,(H,28,32)/t24-,25+/m1/s1. The molecule has 32 heavy (non-hydrogen) atoms. The van der Waals surface area contributed by atoms with Crippen LogP contribution in [0.5, 0.6) is 11.5 Å². The van der Waals surface area contributed by atoms with Crippen LogP contribution in [-0.4, -0.2) is 52.7 Å². The first-order chi connectivity index (χ1) is 15.4. The average molecular weight is 438 g/mol. The molecule has 2 heterocycles. The molecule has 4 N–H and O–H groups in total. The maximum absolute atomic E-state index is 13.0. The lowest BCUT2D eigenvalue weighted by Crippen LogP contribution is -2.54. The first kappa shape index (κ1) is 22.6. The summed E-state index contributed by atoms with van der Waals surface area (Å²) in [5.41, 5.74) is 3.40. The molecule has 4 rings (SSSR count). The summed E-state index contributed by atoms with van der Waals surface area (Å²) in [5, 5.41) is 26.1. The molecule has 2 aromatic carbocycles. The van der Waals surface area contributed by atoms with Gasteiger partial charge in [0, 0.05) is 19.1 Å². The Hall–Kier alpha value is -2.57. The molecule has 0 bridgehead atoms. The third kappa shape index (κ3) is 5.43. The molecular formula is C26H35N3O3. The monoisotopic (exact) mass is 437 g/mol. The molecule has 2 atom stereocenters. The van der Waals surface area contributed by atoms with Gasteiger partial charge < -0.3 is 25.7 Å². The Morgan fingerprint density at radius 2 is 1.84 bits per heavy atom. The Morgan fingerprint density at radius 1 is 1.09 bits per heavy atom. The van der Waals surface area contributed by atoms with E-state index in [0.717, 1.165) is 43.6 Å².